The third-order valence-corrected chi connectivity index (χ3v) is 9.07. The van der Waals surface area contributed by atoms with Crippen molar-refractivity contribution in [2.75, 3.05) is 25.1 Å². The van der Waals surface area contributed by atoms with E-state index in [1.807, 2.05) is 54.8 Å². The van der Waals surface area contributed by atoms with Gasteiger partial charge >= 0.3 is 11.9 Å². The van der Waals surface area contributed by atoms with Gasteiger partial charge in [0, 0.05) is 0 Å². The predicted molar refractivity (Wildman–Crippen MR) is 180 cm³/mol. The van der Waals surface area contributed by atoms with E-state index in [-0.39, 0.29) is 47.7 Å². The Hall–Kier alpha value is -4.69. The summed E-state index contributed by atoms with van der Waals surface area (Å²) in [6.45, 7) is 10.8. The van der Waals surface area contributed by atoms with E-state index in [0.717, 1.165) is 39.9 Å². The molecule has 0 unspecified atom stereocenters. The van der Waals surface area contributed by atoms with Crippen molar-refractivity contribution in [1.29, 1.82) is 0 Å². The van der Waals surface area contributed by atoms with Gasteiger partial charge in [-0.25, -0.2) is 9.59 Å². The van der Waals surface area contributed by atoms with Crippen molar-refractivity contribution in [3.05, 3.63) is 81.5 Å². The lowest BCUT2D eigenvalue weighted by Crippen LogP contribution is -2.29. The average molecular weight is 680 g/mol. The highest BCUT2D eigenvalue weighted by Crippen LogP contribution is 2.35. The number of aromatic nitrogens is 3. The zero-order valence-electron chi connectivity index (χ0n) is 27.0. The monoisotopic (exact) mass is 679 g/mol. The second kappa shape index (κ2) is 16.2. The van der Waals surface area contributed by atoms with Gasteiger partial charge in [-0.1, -0.05) is 42.1 Å². The molecule has 12 nitrogen and oxygen atoms in total. The summed E-state index contributed by atoms with van der Waals surface area (Å²) in [6.07, 6.45) is 0. The molecule has 2 aromatic heterocycles. The number of hydrogen-bond acceptors (Lipinski definition) is 11. The van der Waals surface area contributed by atoms with Gasteiger partial charge in [0.2, 0.25) is 5.91 Å². The van der Waals surface area contributed by atoms with E-state index in [4.69, 9.17) is 14.2 Å². The van der Waals surface area contributed by atoms with Gasteiger partial charge in [-0.3, -0.25) is 14.2 Å². The molecule has 248 valence electrons. The Labute approximate surface area is 281 Å². The van der Waals surface area contributed by atoms with Crippen molar-refractivity contribution in [3.8, 4) is 11.4 Å². The highest BCUT2D eigenvalue weighted by atomic mass is 32.2. The van der Waals surface area contributed by atoms with Gasteiger partial charge in [0.1, 0.15) is 15.6 Å². The number of aryl methyl sites for hydroxylation is 2. The number of esters is 2. The molecule has 2 amide bonds. The highest BCUT2D eigenvalue weighted by Gasteiger charge is 2.29. The van der Waals surface area contributed by atoms with Crippen LogP contribution < -0.4 is 15.4 Å². The fourth-order valence-corrected chi connectivity index (χ4v) is 6.43. The molecule has 0 saturated heterocycles. The van der Waals surface area contributed by atoms with Crippen molar-refractivity contribution >= 4 is 51.9 Å². The van der Waals surface area contributed by atoms with Crippen LogP contribution in [0.4, 0.5) is 5.00 Å². The van der Waals surface area contributed by atoms with E-state index >= 15 is 0 Å². The number of carbonyl (C=O) groups is 4. The summed E-state index contributed by atoms with van der Waals surface area (Å²) in [6, 6.07) is 15.0. The second-order valence-corrected chi connectivity index (χ2v) is 12.7. The van der Waals surface area contributed by atoms with Gasteiger partial charge in [0.05, 0.1) is 36.3 Å². The maximum atomic E-state index is 13.5. The minimum atomic E-state index is -0.715. The number of hydrogen-bond donors (Lipinski definition) is 2. The molecule has 0 aliphatic carbocycles. The van der Waals surface area contributed by atoms with Crippen LogP contribution >= 0.6 is 23.1 Å². The molecule has 14 heteroatoms. The molecular formula is C33H37N5O7S2. The molecule has 2 heterocycles. The fraction of sp³-hybridized carbons (Fsp3) is 0.333. The van der Waals surface area contributed by atoms with Crippen molar-refractivity contribution < 1.29 is 33.4 Å². The lowest BCUT2D eigenvalue weighted by molar-refractivity contribution is -0.123. The maximum absolute atomic E-state index is 13.5. The Bertz CT molecular complexity index is 1750. The largest absolute Gasteiger partial charge is 0.484 e. The summed E-state index contributed by atoms with van der Waals surface area (Å²) in [5, 5.41) is 14.3. The summed E-state index contributed by atoms with van der Waals surface area (Å²) < 4.78 is 17.7. The van der Waals surface area contributed by atoms with Gasteiger partial charge in [0.25, 0.3) is 5.91 Å². The lowest BCUT2D eigenvalue weighted by Gasteiger charge is -2.16. The molecule has 47 heavy (non-hydrogen) atoms. The Balaban J connectivity index is 1.56. The molecular weight excluding hydrogens is 643 g/mol. The van der Waals surface area contributed by atoms with Crippen LogP contribution in [-0.4, -0.2) is 63.6 Å². The quantitative estimate of drug-likeness (QED) is 0.131. The number of carbonyl (C=O) groups excluding carboxylic acids is 4. The first-order valence-corrected chi connectivity index (χ1v) is 16.6. The Morgan fingerprint density at radius 1 is 0.957 bits per heavy atom. The van der Waals surface area contributed by atoms with Crippen LogP contribution in [0.5, 0.6) is 5.75 Å². The van der Waals surface area contributed by atoms with Gasteiger partial charge < -0.3 is 24.8 Å². The van der Waals surface area contributed by atoms with E-state index in [2.05, 4.69) is 20.8 Å². The first kappa shape index (κ1) is 35.2. The normalized spacial score (nSPS) is 11.4. The number of thioether (sulfide) groups is 1. The zero-order chi connectivity index (χ0) is 34.1. The van der Waals surface area contributed by atoms with E-state index in [0.29, 0.717) is 22.3 Å². The first-order valence-electron chi connectivity index (χ1n) is 15.0. The van der Waals surface area contributed by atoms with Crippen LogP contribution in [0, 0.1) is 20.8 Å². The molecule has 0 fully saturated rings. The SMILES string of the molecule is CCOC(=O)c1sc(NC(=O)[C@@H](C)Sc2nnc(CNC(=O)COc3ccccc3)n2-c2cc(C)ccc2C)c(C(=O)OCC)c1C. The van der Waals surface area contributed by atoms with Crippen LogP contribution in [-0.2, 0) is 25.6 Å². The molecule has 0 radical (unpaired) electrons. The molecule has 0 spiro atoms. The van der Waals surface area contributed by atoms with Gasteiger partial charge in [0.15, 0.2) is 17.6 Å². The number of nitrogens with zero attached hydrogens (tertiary/aromatic N) is 3. The van der Waals surface area contributed by atoms with Gasteiger partial charge in [-0.2, -0.15) is 0 Å². The van der Waals surface area contributed by atoms with E-state index < -0.39 is 23.1 Å². The second-order valence-electron chi connectivity index (χ2n) is 10.4. The standard InChI is InChI=1S/C33H37N5O7S2/c1-7-43-31(41)27-21(5)28(32(42)44-8-2)47-30(27)35-29(40)22(6)46-33-37-36-25(38(33)24-16-19(3)14-15-20(24)4)17-34-26(39)18-45-23-12-10-9-11-13-23/h9-16,22H,7-8,17-18H2,1-6H3,(H,34,39)(H,35,40)/t22-/m1/s1. The molecule has 0 bridgehead atoms. The number of anilines is 1. The van der Waals surface area contributed by atoms with Gasteiger partial charge in [-0.15, -0.1) is 21.5 Å². The number of benzene rings is 2. The summed E-state index contributed by atoms with van der Waals surface area (Å²) in [7, 11) is 0. The summed E-state index contributed by atoms with van der Waals surface area (Å²) in [5.74, 6) is -0.965. The molecule has 2 aromatic carbocycles. The van der Waals surface area contributed by atoms with Crippen LogP contribution in [0.3, 0.4) is 0 Å². The summed E-state index contributed by atoms with van der Waals surface area (Å²) in [4.78, 5) is 51.7. The van der Waals surface area contributed by atoms with E-state index in [1.165, 1.54) is 0 Å². The number of thiophene rings is 1. The van der Waals surface area contributed by atoms with Crippen molar-refractivity contribution in [1.82, 2.24) is 20.1 Å². The van der Waals surface area contributed by atoms with Gasteiger partial charge in [-0.05, 0) is 76.4 Å². The predicted octanol–water partition coefficient (Wildman–Crippen LogP) is 5.42. The number of ether oxygens (including phenoxy) is 3. The number of rotatable bonds is 14. The molecule has 0 aliphatic rings. The topological polar surface area (TPSA) is 151 Å². The highest BCUT2D eigenvalue weighted by molar-refractivity contribution is 8.00. The number of para-hydroxylation sites is 1. The minimum Gasteiger partial charge on any atom is -0.484 e. The summed E-state index contributed by atoms with van der Waals surface area (Å²) >= 11 is 2.12. The molecule has 4 rings (SSSR count). The smallest absolute Gasteiger partial charge is 0.348 e. The molecule has 2 N–H and O–H groups in total. The molecule has 1 atom stereocenters. The molecule has 4 aromatic rings. The van der Waals surface area contributed by atoms with E-state index in [9.17, 15) is 19.2 Å². The maximum Gasteiger partial charge on any atom is 0.348 e. The zero-order valence-corrected chi connectivity index (χ0v) is 28.7. The van der Waals surface area contributed by atoms with Crippen molar-refractivity contribution in [2.24, 2.45) is 0 Å². The molecule has 0 aliphatic heterocycles. The Kier molecular flexibility index (Phi) is 12.1. The lowest BCUT2D eigenvalue weighted by atomic mass is 10.1. The third kappa shape index (κ3) is 8.77. The van der Waals surface area contributed by atoms with Crippen LogP contribution in [0.2, 0.25) is 0 Å². The van der Waals surface area contributed by atoms with Crippen molar-refractivity contribution in [2.45, 2.75) is 58.5 Å². The number of nitrogens with one attached hydrogen (secondary N) is 2. The van der Waals surface area contributed by atoms with Crippen LogP contribution in [0.25, 0.3) is 5.69 Å². The van der Waals surface area contributed by atoms with Crippen LogP contribution in [0.15, 0.2) is 53.7 Å². The minimum absolute atomic E-state index is 0.0620. The van der Waals surface area contributed by atoms with Crippen LogP contribution in [0.1, 0.15) is 63.3 Å². The Morgan fingerprint density at radius 2 is 1.66 bits per heavy atom. The number of amides is 2. The van der Waals surface area contributed by atoms with E-state index in [1.54, 1.807) is 39.8 Å². The van der Waals surface area contributed by atoms with Crippen molar-refractivity contribution in [3.63, 3.8) is 0 Å². The summed E-state index contributed by atoms with van der Waals surface area (Å²) in [5.41, 5.74) is 3.22. The Morgan fingerprint density at radius 3 is 2.36 bits per heavy atom. The average Bonchev–Trinajstić information content (AvgIpc) is 3.60. The third-order valence-electron chi connectivity index (χ3n) is 6.84. The molecule has 0 saturated carbocycles. The fourth-order valence-electron chi connectivity index (χ4n) is 4.45. The first-order chi connectivity index (χ1) is 22.5.